The lowest BCUT2D eigenvalue weighted by Crippen LogP contribution is -2.02. The second-order valence-corrected chi connectivity index (χ2v) is 5.24. The van der Waals surface area contributed by atoms with Crippen LogP contribution in [0.15, 0.2) is 54.6 Å². The minimum atomic E-state index is -2.91. The van der Waals surface area contributed by atoms with Crippen molar-refractivity contribution in [3.05, 3.63) is 76.8 Å². The van der Waals surface area contributed by atoms with E-state index in [2.05, 4.69) is 20.6 Å². The largest absolute Gasteiger partial charge is 0.340 e. The lowest BCUT2D eigenvalue weighted by molar-refractivity contribution is 1.16. The van der Waals surface area contributed by atoms with Gasteiger partial charge in [-0.3, -0.25) is 0 Å². The minimum Gasteiger partial charge on any atom is -0.340 e. The van der Waals surface area contributed by atoms with Crippen LogP contribution < -0.4 is 10.6 Å². The van der Waals surface area contributed by atoms with Gasteiger partial charge >= 0.3 is 0 Å². The maximum Gasteiger partial charge on any atom is 0.229 e. The van der Waals surface area contributed by atoms with E-state index in [4.69, 9.17) is 25.6 Å². The molecule has 2 N–H and O–H groups in total. The van der Waals surface area contributed by atoms with Gasteiger partial charge in [0, 0.05) is 27.7 Å². The molecule has 1 heterocycles. The van der Waals surface area contributed by atoms with Crippen molar-refractivity contribution in [3.63, 3.8) is 0 Å². The van der Waals surface area contributed by atoms with Crippen LogP contribution in [0.2, 0.25) is 0 Å². The zero-order valence-electron chi connectivity index (χ0n) is 25.4. The third-order valence-electron chi connectivity index (χ3n) is 3.31. The van der Waals surface area contributed by atoms with E-state index in [0.717, 1.165) is 0 Å². The van der Waals surface area contributed by atoms with Crippen molar-refractivity contribution >= 4 is 29.2 Å². The summed E-state index contributed by atoms with van der Waals surface area (Å²) in [7, 11) is 0. The lowest BCUT2D eigenvalue weighted by Gasteiger charge is -2.14. The number of anilines is 4. The van der Waals surface area contributed by atoms with Crippen LogP contribution in [0.3, 0.4) is 0 Å². The second kappa shape index (κ2) is 8.48. The highest BCUT2D eigenvalue weighted by Crippen LogP contribution is 2.26. The standard InChI is InChI=1S/C22H18N6/c1-15-12-18(4-3-10-23)13-16(2)21(15)27-20-9-11-25-22(28-20)26-19-7-5-17(14-24)6-8-19/h3-9,11-13H,1-2H3,(H2,25,26,27,28)/b4-3+/i1D3,3D,4D,5D,6D,7D,8D,12D,13D. The molecule has 0 saturated heterocycles. The van der Waals surface area contributed by atoms with Gasteiger partial charge in [0.1, 0.15) is 5.82 Å². The Labute approximate surface area is 179 Å². The molecular weight excluding hydrogens is 348 g/mol. The molecule has 3 aromatic rings. The molecule has 0 aliphatic rings. The van der Waals surface area contributed by atoms with Crippen LogP contribution in [0, 0.1) is 36.4 Å². The highest BCUT2D eigenvalue weighted by atomic mass is 15.1. The molecule has 28 heavy (non-hydrogen) atoms. The third-order valence-corrected chi connectivity index (χ3v) is 3.31. The fourth-order valence-electron chi connectivity index (χ4n) is 2.12. The first-order valence-corrected chi connectivity index (χ1v) is 7.75. The van der Waals surface area contributed by atoms with E-state index in [0.29, 0.717) is 0 Å². The van der Waals surface area contributed by atoms with Gasteiger partial charge in [-0.2, -0.15) is 15.5 Å². The van der Waals surface area contributed by atoms with E-state index in [1.54, 1.807) is 6.07 Å². The fraction of sp³-hybridized carbons (Fsp3) is 0.0909. The summed E-state index contributed by atoms with van der Waals surface area (Å²) in [5.74, 6) is -0.243. The van der Waals surface area contributed by atoms with Crippen LogP contribution in [0.25, 0.3) is 6.05 Å². The number of nitriles is 2. The molecule has 2 aromatic carbocycles. The molecule has 0 spiro atoms. The lowest BCUT2D eigenvalue weighted by atomic mass is 10.0. The Balaban J connectivity index is 2.15. The van der Waals surface area contributed by atoms with Crippen molar-refractivity contribution in [2.75, 3.05) is 10.6 Å². The van der Waals surface area contributed by atoms with Crippen LogP contribution in [0.4, 0.5) is 23.1 Å². The molecule has 0 radical (unpaired) electrons. The summed E-state index contributed by atoms with van der Waals surface area (Å²) in [6, 6.07) is -0.555. The predicted molar refractivity (Wildman–Crippen MR) is 110 cm³/mol. The Morgan fingerprint density at radius 1 is 1.18 bits per heavy atom. The quantitative estimate of drug-likeness (QED) is 0.608. The summed E-state index contributed by atoms with van der Waals surface area (Å²) in [5.41, 5.74) is -1.96. The van der Waals surface area contributed by atoms with Crippen molar-refractivity contribution in [1.82, 2.24) is 9.97 Å². The first kappa shape index (κ1) is 9.16. The number of rotatable bonds is 5. The van der Waals surface area contributed by atoms with Crippen molar-refractivity contribution in [1.29, 1.82) is 10.5 Å². The molecule has 1 aromatic heterocycles. The molecule has 0 fully saturated rings. The van der Waals surface area contributed by atoms with E-state index < -0.39 is 71.9 Å². The summed E-state index contributed by atoms with van der Waals surface area (Å²) in [5, 5.41) is 23.4. The summed E-state index contributed by atoms with van der Waals surface area (Å²) >= 11 is 0. The smallest absolute Gasteiger partial charge is 0.229 e. The molecule has 0 aliphatic carbocycles. The minimum absolute atomic E-state index is 0.00223. The van der Waals surface area contributed by atoms with Crippen LogP contribution in [-0.2, 0) is 0 Å². The molecule has 0 atom stereocenters. The predicted octanol–water partition coefficient (Wildman–Crippen LogP) is 4.99. The summed E-state index contributed by atoms with van der Waals surface area (Å²) < 4.78 is 88.4. The number of hydrogen-bond donors (Lipinski definition) is 2. The zero-order valence-corrected chi connectivity index (χ0v) is 14.4. The monoisotopic (exact) mass is 377 g/mol. The van der Waals surface area contributed by atoms with Crippen molar-refractivity contribution in [3.8, 4) is 12.1 Å². The van der Waals surface area contributed by atoms with Crippen molar-refractivity contribution in [2.45, 2.75) is 13.8 Å². The van der Waals surface area contributed by atoms with E-state index in [1.165, 1.54) is 25.3 Å². The topological polar surface area (TPSA) is 97.4 Å². The molecule has 136 valence electrons. The molecule has 0 aliphatic heterocycles. The Bertz CT molecular complexity index is 1590. The molecule has 0 amide bonds. The SMILES string of the molecule is [2H]/C(C#N)=C(/[2H])c1c([2H])c(C)c(Nc2ccnc(Nc3c([2H])c([2H])c(C#N)c([2H])c3[2H])n2)c(C([2H])([2H])[2H])c1[2H]. The van der Waals surface area contributed by atoms with Crippen molar-refractivity contribution in [2.24, 2.45) is 0 Å². The number of hydrogen-bond acceptors (Lipinski definition) is 6. The molecule has 3 rings (SSSR count). The maximum atomic E-state index is 9.12. The van der Waals surface area contributed by atoms with Crippen LogP contribution in [-0.4, -0.2) is 9.97 Å². The number of benzene rings is 2. The molecule has 0 bridgehead atoms. The molecule has 0 unspecified atom stereocenters. The highest BCUT2D eigenvalue weighted by Gasteiger charge is 2.07. The highest BCUT2D eigenvalue weighted by molar-refractivity contribution is 5.69. The Morgan fingerprint density at radius 3 is 2.68 bits per heavy atom. The van der Waals surface area contributed by atoms with E-state index in [-0.39, 0.29) is 28.7 Å². The average Bonchev–Trinajstić information content (AvgIpc) is 2.87. The zero-order chi connectivity index (χ0) is 29.4. The molecule has 6 heteroatoms. The number of allylic oxidation sites excluding steroid dienone is 1. The van der Waals surface area contributed by atoms with Crippen LogP contribution in [0.5, 0.6) is 0 Å². The number of nitrogens with one attached hydrogen (secondary N) is 2. The molecule has 6 nitrogen and oxygen atoms in total. The van der Waals surface area contributed by atoms with E-state index >= 15 is 0 Å². The Morgan fingerprint density at radius 2 is 1.96 bits per heavy atom. The summed E-state index contributed by atoms with van der Waals surface area (Å²) in [6.07, 6.45) is 1.24. The van der Waals surface area contributed by atoms with Gasteiger partial charge in [0.05, 0.1) is 28.7 Å². The normalized spacial score (nSPS) is 17.0. The van der Waals surface area contributed by atoms with E-state index in [1.807, 2.05) is 0 Å². The van der Waals surface area contributed by atoms with Gasteiger partial charge in [-0.05, 0) is 78.8 Å². The average molecular weight is 377 g/mol. The molecular formula is C22H18N6. The summed E-state index contributed by atoms with van der Waals surface area (Å²) in [4.78, 5) is 8.13. The van der Waals surface area contributed by atoms with Gasteiger partial charge < -0.3 is 10.6 Å². The molecule has 0 saturated carbocycles. The number of nitrogens with zero attached hydrogens (tertiary/aromatic N) is 4. The maximum absolute atomic E-state index is 9.12. The number of aromatic nitrogens is 2. The summed E-state index contributed by atoms with van der Waals surface area (Å²) in [6.45, 7) is -1.54. The fourth-order valence-corrected chi connectivity index (χ4v) is 2.12. The van der Waals surface area contributed by atoms with Gasteiger partial charge in [-0.15, -0.1) is 0 Å². The second-order valence-electron chi connectivity index (χ2n) is 5.24. The van der Waals surface area contributed by atoms with Gasteiger partial charge in [-0.1, -0.05) is 0 Å². The van der Waals surface area contributed by atoms with Gasteiger partial charge in [0.15, 0.2) is 0 Å². The first-order valence-electron chi connectivity index (χ1n) is 13.2. The van der Waals surface area contributed by atoms with E-state index in [9.17, 15) is 0 Å². The first-order chi connectivity index (χ1) is 18.1. The van der Waals surface area contributed by atoms with Crippen molar-refractivity contribution < 1.29 is 15.1 Å². The van der Waals surface area contributed by atoms with Crippen LogP contribution >= 0.6 is 0 Å². The third kappa shape index (κ3) is 4.51. The Kier molecular flexibility index (Phi) is 2.78. The van der Waals surface area contributed by atoms with Gasteiger partial charge in [-0.25, -0.2) is 4.98 Å². The Hall–Kier alpha value is -4.16. The van der Waals surface area contributed by atoms with Crippen LogP contribution in [0.1, 0.15) is 37.3 Å². The van der Waals surface area contributed by atoms with Gasteiger partial charge in [0.2, 0.25) is 5.95 Å². The van der Waals surface area contributed by atoms with Gasteiger partial charge in [0.25, 0.3) is 0 Å².